The van der Waals surface area contributed by atoms with E-state index in [1.807, 2.05) is 13.0 Å². The summed E-state index contributed by atoms with van der Waals surface area (Å²) in [7, 11) is -3.51. The number of hydrogen-bond donors (Lipinski definition) is 2. The van der Waals surface area contributed by atoms with Crippen LogP contribution in [0.1, 0.15) is 51.5 Å². The summed E-state index contributed by atoms with van der Waals surface area (Å²) < 4.78 is 27.6. The standard InChI is InChI=1S/C15H25N3O2S/c1-3-10-16-11-13-6-7-14(17-12-13)21(19,20)18-15(4-2)8-5-9-15/h6-7,12,16,18H,3-5,8-11H2,1-2H3. The molecule has 0 bridgehead atoms. The van der Waals surface area contributed by atoms with Gasteiger partial charge in [-0.3, -0.25) is 0 Å². The maximum absolute atomic E-state index is 12.4. The van der Waals surface area contributed by atoms with Crippen LogP contribution in [0, 0.1) is 0 Å². The van der Waals surface area contributed by atoms with Gasteiger partial charge >= 0.3 is 0 Å². The van der Waals surface area contributed by atoms with Crippen LogP contribution < -0.4 is 10.0 Å². The number of hydrogen-bond acceptors (Lipinski definition) is 4. The van der Waals surface area contributed by atoms with Crippen molar-refractivity contribution >= 4 is 10.0 Å². The predicted molar refractivity (Wildman–Crippen MR) is 83.4 cm³/mol. The molecule has 0 aliphatic heterocycles. The van der Waals surface area contributed by atoms with Crippen LogP contribution in [0.5, 0.6) is 0 Å². The second-order valence-electron chi connectivity index (χ2n) is 5.77. The Morgan fingerprint density at radius 3 is 2.52 bits per heavy atom. The van der Waals surface area contributed by atoms with Crippen LogP contribution in [-0.4, -0.2) is 25.5 Å². The number of sulfonamides is 1. The predicted octanol–water partition coefficient (Wildman–Crippen LogP) is 2.19. The van der Waals surface area contributed by atoms with Crippen LogP contribution in [0.15, 0.2) is 23.4 Å². The van der Waals surface area contributed by atoms with Crippen molar-refractivity contribution in [2.75, 3.05) is 6.54 Å². The maximum atomic E-state index is 12.4. The first-order chi connectivity index (χ1) is 10.0. The van der Waals surface area contributed by atoms with E-state index >= 15 is 0 Å². The van der Waals surface area contributed by atoms with Crippen molar-refractivity contribution in [3.05, 3.63) is 23.9 Å². The van der Waals surface area contributed by atoms with Gasteiger partial charge in [0.25, 0.3) is 10.0 Å². The van der Waals surface area contributed by atoms with Crippen molar-refractivity contribution in [1.29, 1.82) is 0 Å². The normalized spacial score (nSPS) is 17.4. The van der Waals surface area contributed by atoms with Gasteiger partial charge in [0.1, 0.15) is 0 Å². The molecule has 1 saturated carbocycles. The summed E-state index contributed by atoms with van der Waals surface area (Å²) in [6.45, 7) is 5.79. The Balaban J connectivity index is 2.03. The zero-order chi connectivity index (χ0) is 15.3. The zero-order valence-corrected chi connectivity index (χ0v) is 13.7. The van der Waals surface area contributed by atoms with E-state index in [4.69, 9.17) is 0 Å². The Morgan fingerprint density at radius 1 is 1.29 bits per heavy atom. The summed E-state index contributed by atoms with van der Waals surface area (Å²) in [5, 5.41) is 3.38. The molecule has 2 rings (SSSR count). The monoisotopic (exact) mass is 311 g/mol. The second kappa shape index (κ2) is 6.85. The first-order valence-electron chi connectivity index (χ1n) is 7.71. The van der Waals surface area contributed by atoms with Crippen LogP contribution in [-0.2, 0) is 16.6 Å². The van der Waals surface area contributed by atoms with E-state index in [0.29, 0.717) is 6.54 Å². The summed E-state index contributed by atoms with van der Waals surface area (Å²) in [5.41, 5.74) is 0.748. The SMILES string of the molecule is CCCNCc1ccc(S(=O)(=O)NC2(CC)CCC2)nc1. The van der Waals surface area contributed by atoms with Crippen molar-refractivity contribution in [1.82, 2.24) is 15.0 Å². The highest BCUT2D eigenvalue weighted by Gasteiger charge is 2.39. The quantitative estimate of drug-likeness (QED) is 0.722. The Labute approximate surface area is 127 Å². The van der Waals surface area contributed by atoms with Gasteiger partial charge in [-0.2, -0.15) is 0 Å². The fraction of sp³-hybridized carbons (Fsp3) is 0.667. The lowest BCUT2D eigenvalue weighted by Gasteiger charge is -2.41. The van der Waals surface area contributed by atoms with E-state index < -0.39 is 10.0 Å². The molecular weight excluding hydrogens is 286 g/mol. The highest BCUT2D eigenvalue weighted by atomic mass is 32.2. The minimum atomic E-state index is -3.51. The molecule has 1 aromatic rings. The molecule has 1 aliphatic carbocycles. The Morgan fingerprint density at radius 2 is 2.05 bits per heavy atom. The number of aromatic nitrogens is 1. The molecule has 0 aromatic carbocycles. The molecule has 1 fully saturated rings. The number of pyridine rings is 1. The molecule has 6 heteroatoms. The molecule has 0 unspecified atom stereocenters. The average molecular weight is 311 g/mol. The lowest BCUT2D eigenvalue weighted by molar-refractivity contribution is 0.213. The molecule has 0 atom stereocenters. The lowest BCUT2D eigenvalue weighted by Crippen LogP contribution is -2.52. The van der Waals surface area contributed by atoms with E-state index in [2.05, 4.69) is 21.9 Å². The summed E-state index contributed by atoms with van der Waals surface area (Å²) in [6.07, 6.45) is 6.46. The van der Waals surface area contributed by atoms with Crippen molar-refractivity contribution in [2.24, 2.45) is 0 Å². The van der Waals surface area contributed by atoms with E-state index in [9.17, 15) is 8.42 Å². The van der Waals surface area contributed by atoms with Gasteiger partial charge in [0.15, 0.2) is 5.03 Å². The lowest BCUT2D eigenvalue weighted by atomic mass is 9.76. The van der Waals surface area contributed by atoms with Crippen molar-refractivity contribution in [2.45, 2.75) is 63.1 Å². The molecule has 118 valence electrons. The number of nitrogens with zero attached hydrogens (tertiary/aromatic N) is 1. The average Bonchev–Trinajstić information content (AvgIpc) is 2.44. The number of nitrogens with one attached hydrogen (secondary N) is 2. The smallest absolute Gasteiger partial charge is 0.258 e. The second-order valence-corrected chi connectivity index (χ2v) is 7.40. The van der Waals surface area contributed by atoms with Crippen molar-refractivity contribution < 1.29 is 8.42 Å². The van der Waals surface area contributed by atoms with Crippen LogP contribution in [0.3, 0.4) is 0 Å². The third kappa shape index (κ3) is 4.02. The van der Waals surface area contributed by atoms with Gasteiger partial charge in [-0.1, -0.05) is 19.9 Å². The first kappa shape index (κ1) is 16.4. The molecule has 0 radical (unpaired) electrons. The molecule has 0 saturated heterocycles. The molecule has 21 heavy (non-hydrogen) atoms. The highest BCUT2D eigenvalue weighted by Crippen LogP contribution is 2.35. The van der Waals surface area contributed by atoms with Crippen LogP contribution in [0.4, 0.5) is 0 Å². The van der Waals surface area contributed by atoms with E-state index in [1.54, 1.807) is 12.3 Å². The molecule has 1 heterocycles. The van der Waals surface area contributed by atoms with Gasteiger partial charge < -0.3 is 5.32 Å². The number of rotatable bonds is 8. The largest absolute Gasteiger partial charge is 0.313 e. The van der Waals surface area contributed by atoms with Gasteiger partial charge in [0, 0.05) is 18.3 Å². The molecule has 2 N–H and O–H groups in total. The molecule has 0 spiro atoms. The van der Waals surface area contributed by atoms with Crippen molar-refractivity contribution in [3.8, 4) is 0 Å². The molecule has 5 nitrogen and oxygen atoms in total. The third-order valence-corrected chi connectivity index (χ3v) is 5.66. The van der Waals surface area contributed by atoms with Crippen LogP contribution >= 0.6 is 0 Å². The molecular formula is C15H25N3O2S. The fourth-order valence-corrected chi connectivity index (χ4v) is 4.01. The van der Waals surface area contributed by atoms with Gasteiger partial charge in [-0.05, 0) is 50.3 Å². The minimum absolute atomic E-state index is 0.112. The van der Waals surface area contributed by atoms with Gasteiger partial charge in [0.05, 0.1) is 0 Å². The van der Waals surface area contributed by atoms with Crippen LogP contribution in [0.25, 0.3) is 0 Å². The van der Waals surface area contributed by atoms with E-state index in [0.717, 1.165) is 44.2 Å². The molecule has 0 amide bonds. The Kier molecular flexibility index (Phi) is 5.35. The maximum Gasteiger partial charge on any atom is 0.258 e. The Hall–Kier alpha value is -0.980. The highest BCUT2D eigenvalue weighted by molar-refractivity contribution is 7.89. The van der Waals surface area contributed by atoms with Gasteiger partial charge in [-0.15, -0.1) is 0 Å². The fourth-order valence-electron chi connectivity index (χ4n) is 2.55. The summed E-state index contributed by atoms with van der Waals surface area (Å²) in [6, 6.07) is 3.41. The van der Waals surface area contributed by atoms with Gasteiger partial charge in [0.2, 0.25) is 0 Å². The zero-order valence-electron chi connectivity index (χ0n) is 12.9. The summed E-state index contributed by atoms with van der Waals surface area (Å²) in [4.78, 5) is 4.12. The Bertz CT molecular complexity index is 545. The van der Waals surface area contributed by atoms with Crippen LogP contribution in [0.2, 0.25) is 0 Å². The minimum Gasteiger partial charge on any atom is -0.313 e. The molecule has 1 aliphatic rings. The topological polar surface area (TPSA) is 71.1 Å². The molecule has 1 aromatic heterocycles. The van der Waals surface area contributed by atoms with Crippen molar-refractivity contribution in [3.63, 3.8) is 0 Å². The van der Waals surface area contributed by atoms with E-state index in [-0.39, 0.29) is 10.6 Å². The van der Waals surface area contributed by atoms with Gasteiger partial charge in [-0.25, -0.2) is 18.1 Å². The summed E-state index contributed by atoms with van der Waals surface area (Å²) in [5.74, 6) is 0. The summed E-state index contributed by atoms with van der Waals surface area (Å²) >= 11 is 0. The first-order valence-corrected chi connectivity index (χ1v) is 9.19. The van der Waals surface area contributed by atoms with E-state index in [1.165, 1.54) is 0 Å². The third-order valence-electron chi connectivity index (χ3n) is 4.17.